The Labute approximate surface area is 81.5 Å². The van der Waals surface area contributed by atoms with Gasteiger partial charge >= 0.3 is 81.5 Å². The van der Waals surface area contributed by atoms with Crippen LogP contribution >= 0.6 is 0 Å². The van der Waals surface area contributed by atoms with Gasteiger partial charge in [0.05, 0.1) is 0 Å². The van der Waals surface area contributed by atoms with E-state index in [1.807, 2.05) is 0 Å². The Morgan fingerprint density at radius 1 is 0.917 bits per heavy atom. The number of rotatable bonds is 2. The molecule has 12 heavy (non-hydrogen) atoms. The number of hydrogen-bond donors (Lipinski definition) is 0. The number of hydrogen-bond acceptors (Lipinski definition) is 2. The molecule has 0 aromatic rings. The second-order valence-corrected chi connectivity index (χ2v) is 16.6. The van der Waals surface area contributed by atoms with Crippen molar-refractivity contribution in [2.45, 2.75) is 49.7 Å². The van der Waals surface area contributed by atoms with Crippen LogP contribution in [0.1, 0.15) is 27.7 Å². The summed E-state index contributed by atoms with van der Waals surface area (Å²) in [4.78, 5) is 5.02. The van der Waals surface area contributed by atoms with Crippen LogP contribution in [0.15, 0.2) is 0 Å². The minimum atomic E-state index is -1.90. The van der Waals surface area contributed by atoms with Crippen LogP contribution in [-0.2, 0) is 0 Å². The molecule has 0 bridgehead atoms. The van der Waals surface area contributed by atoms with Crippen molar-refractivity contribution in [1.82, 2.24) is 6.24 Å². The first-order chi connectivity index (χ1) is 5.37. The van der Waals surface area contributed by atoms with E-state index in [2.05, 4.69) is 43.8 Å². The Kier molecular flexibility index (Phi) is 3.12. The molecule has 2 nitrogen and oxygen atoms in total. The second kappa shape index (κ2) is 3.46. The van der Waals surface area contributed by atoms with Crippen molar-refractivity contribution in [1.29, 1.82) is 0 Å². The van der Waals surface area contributed by atoms with Gasteiger partial charge in [-0.25, -0.2) is 0 Å². The van der Waals surface area contributed by atoms with Gasteiger partial charge < -0.3 is 0 Å². The van der Waals surface area contributed by atoms with Crippen molar-refractivity contribution < 1.29 is 0 Å². The van der Waals surface area contributed by atoms with E-state index in [1.54, 1.807) is 0 Å². The molecule has 1 saturated heterocycles. The average molecular weight is 277 g/mol. The van der Waals surface area contributed by atoms with Crippen LogP contribution in [0.5, 0.6) is 0 Å². The van der Waals surface area contributed by atoms with Crippen LogP contribution in [-0.4, -0.2) is 43.9 Å². The molecule has 1 aliphatic heterocycles. The Bertz CT molecular complexity index is 150. The summed E-state index contributed by atoms with van der Waals surface area (Å²) < 4.78 is 5.46. The summed E-state index contributed by atoms with van der Waals surface area (Å²) in [6.45, 7) is 10.5. The topological polar surface area (TPSA) is 6.48 Å². The minimum absolute atomic E-state index is 0.755. The van der Waals surface area contributed by atoms with E-state index in [4.69, 9.17) is 0 Å². The van der Waals surface area contributed by atoms with E-state index < -0.39 is 18.9 Å². The molecule has 1 fully saturated rings. The van der Waals surface area contributed by atoms with Gasteiger partial charge in [-0.15, -0.1) is 0 Å². The molecule has 72 valence electrons. The van der Waals surface area contributed by atoms with Gasteiger partial charge in [-0.2, -0.15) is 0 Å². The standard InChI is InChI=1S/C7H16N2.2CH3.Sn/c1-6(2)8-5-9-7(3)4;;;/h6-7H,5H2,1-4H3;2*1H3;/q-2;;;+2. The second-order valence-electron chi connectivity index (χ2n) is 4.76. The molecule has 0 aliphatic carbocycles. The molecule has 0 radical (unpaired) electrons. The van der Waals surface area contributed by atoms with Crippen molar-refractivity contribution in [2.24, 2.45) is 0 Å². The van der Waals surface area contributed by atoms with E-state index in [1.165, 1.54) is 6.67 Å². The zero-order valence-electron chi connectivity index (χ0n) is 9.26. The fraction of sp³-hybridized carbons (Fsp3) is 1.00. The van der Waals surface area contributed by atoms with E-state index >= 15 is 0 Å². The molecule has 0 atom stereocenters. The van der Waals surface area contributed by atoms with Gasteiger partial charge in [0.15, 0.2) is 0 Å². The van der Waals surface area contributed by atoms with Crippen LogP contribution in [0.4, 0.5) is 0 Å². The third kappa shape index (κ3) is 1.66. The molecule has 0 N–H and O–H groups in total. The van der Waals surface area contributed by atoms with Crippen molar-refractivity contribution in [2.75, 3.05) is 6.67 Å². The van der Waals surface area contributed by atoms with Gasteiger partial charge in [-0.1, -0.05) is 0 Å². The molecule has 3 heteroatoms. The monoisotopic (exact) mass is 278 g/mol. The normalized spacial score (nSPS) is 25.0. The van der Waals surface area contributed by atoms with Crippen molar-refractivity contribution >= 4 is 18.9 Å². The Balaban J connectivity index is 2.59. The van der Waals surface area contributed by atoms with Gasteiger partial charge in [-0.3, -0.25) is 0 Å². The molecular formula is C9H22N2Sn. The van der Waals surface area contributed by atoms with Crippen molar-refractivity contribution in [3.05, 3.63) is 0 Å². The molecule has 1 heterocycles. The fourth-order valence-electron chi connectivity index (χ4n) is 2.19. The maximum atomic E-state index is 2.73. The summed E-state index contributed by atoms with van der Waals surface area (Å²) >= 11 is -1.90. The van der Waals surface area contributed by atoms with E-state index in [0.29, 0.717) is 0 Å². The summed E-state index contributed by atoms with van der Waals surface area (Å²) in [6.07, 6.45) is 0. The SMILES string of the molecule is CC(C)[N]1C[N](C(C)C)[Sn]1([CH3])[CH3]. The average Bonchev–Trinajstić information content (AvgIpc) is 1.83. The zero-order chi connectivity index (χ0) is 9.52. The van der Waals surface area contributed by atoms with Crippen LogP contribution in [0, 0.1) is 0 Å². The molecular weight excluding hydrogens is 255 g/mol. The van der Waals surface area contributed by atoms with Crippen molar-refractivity contribution in [3.8, 4) is 0 Å². The molecule has 0 saturated carbocycles. The Morgan fingerprint density at radius 2 is 1.25 bits per heavy atom. The van der Waals surface area contributed by atoms with Crippen LogP contribution in [0.3, 0.4) is 0 Å². The molecule has 0 aromatic carbocycles. The van der Waals surface area contributed by atoms with E-state index in [0.717, 1.165) is 12.1 Å². The first-order valence-electron chi connectivity index (χ1n) is 4.91. The van der Waals surface area contributed by atoms with Gasteiger partial charge in [-0.05, 0) is 0 Å². The predicted octanol–water partition coefficient (Wildman–Crippen LogP) is 2.08. The predicted molar refractivity (Wildman–Crippen MR) is 56.3 cm³/mol. The fourth-order valence-corrected chi connectivity index (χ4v) is 12.5. The molecule has 0 aromatic heterocycles. The summed E-state index contributed by atoms with van der Waals surface area (Å²) in [5.41, 5.74) is 0. The number of nitrogens with zero attached hydrogens (tertiary/aromatic N) is 2. The molecule has 1 rings (SSSR count). The van der Waals surface area contributed by atoms with Gasteiger partial charge in [0, 0.05) is 0 Å². The Hall–Kier alpha value is 0.719. The molecule has 0 unspecified atom stereocenters. The third-order valence-electron chi connectivity index (χ3n) is 2.96. The molecule has 1 aliphatic rings. The maximum absolute atomic E-state index is 2.73. The molecule has 0 spiro atoms. The molecule has 0 amide bonds. The van der Waals surface area contributed by atoms with E-state index in [-0.39, 0.29) is 0 Å². The van der Waals surface area contributed by atoms with Gasteiger partial charge in [0.1, 0.15) is 0 Å². The first kappa shape index (κ1) is 10.8. The first-order valence-corrected chi connectivity index (χ1v) is 13.2. The Morgan fingerprint density at radius 3 is 1.42 bits per heavy atom. The van der Waals surface area contributed by atoms with E-state index in [9.17, 15) is 0 Å². The zero-order valence-corrected chi connectivity index (χ0v) is 12.1. The quantitative estimate of drug-likeness (QED) is 0.713. The van der Waals surface area contributed by atoms with Gasteiger partial charge in [0.25, 0.3) is 0 Å². The third-order valence-corrected chi connectivity index (χ3v) is 14.7. The van der Waals surface area contributed by atoms with Crippen LogP contribution in [0.25, 0.3) is 0 Å². The van der Waals surface area contributed by atoms with Crippen LogP contribution in [0.2, 0.25) is 9.88 Å². The summed E-state index contributed by atoms with van der Waals surface area (Å²) in [5.74, 6) is 0. The van der Waals surface area contributed by atoms with Gasteiger partial charge in [0.2, 0.25) is 0 Å². The summed E-state index contributed by atoms with van der Waals surface area (Å²) in [7, 11) is 0. The summed E-state index contributed by atoms with van der Waals surface area (Å²) in [5, 5.41) is 0. The summed E-state index contributed by atoms with van der Waals surface area (Å²) in [6, 6.07) is 1.51. The van der Waals surface area contributed by atoms with Crippen LogP contribution < -0.4 is 0 Å². The van der Waals surface area contributed by atoms with Crippen molar-refractivity contribution in [3.63, 3.8) is 0 Å².